The lowest BCUT2D eigenvalue weighted by molar-refractivity contribution is 0.601. The van der Waals surface area contributed by atoms with Crippen molar-refractivity contribution in [1.29, 1.82) is 0 Å². The predicted molar refractivity (Wildman–Crippen MR) is 104 cm³/mol. The normalized spacial score (nSPS) is 24.9. The first kappa shape index (κ1) is 17.8. The van der Waals surface area contributed by atoms with Crippen LogP contribution in [0, 0.1) is 0 Å². The summed E-state index contributed by atoms with van der Waals surface area (Å²) in [5, 5.41) is 1.09. The van der Waals surface area contributed by atoms with E-state index in [0.717, 1.165) is 30.2 Å². The van der Waals surface area contributed by atoms with Crippen LogP contribution < -0.4 is 4.90 Å². The number of amidine groups is 1. The highest BCUT2D eigenvalue weighted by atomic mass is 32.2. The molecule has 1 fully saturated rings. The number of unbranched alkanes of at least 4 members (excludes halogenated alkanes) is 1. The molecule has 0 amide bonds. The van der Waals surface area contributed by atoms with Crippen molar-refractivity contribution in [1.82, 2.24) is 0 Å². The van der Waals surface area contributed by atoms with E-state index in [2.05, 4.69) is 49.9 Å². The van der Waals surface area contributed by atoms with Gasteiger partial charge in [0.25, 0.3) is 0 Å². The molecule has 0 bridgehead atoms. The van der Waals surface area contributed by atoms with Gasteiger partial charge in [-0.25, -0.2) is 8.42 Å². The maximum absolute atomic E-state index is 11.8. The summed E-state index contributed by atoms with van der Waals surface area (Å²) in [5.74, 6) is 0.997. The lowest BCUT2D eigenvalue weighted by Crippen LogP contribution is -2.29. The molecular weight excluding hydrogens is 340 g/mol. The molecule has 2 heterocycles. The van der Waals surface area contributed by atoms with Crippen LogP contribution in [0.1, 0.15) is 45.1 Å². The Bertz CT molecular complexity index is 711. The molecule has 4 nitrogen and oxygen atoms in total. The molecule has 0 N–H and O–H groups in total. The van der Waals surface area contributed by atoms with Gasteiger partial charge < -0.3 is 4.90 Å². The zero-order valence-corrected chi connectivity index (χ0v) is 16.2. The zero-order valence-electron chi connectivity index (χ0n) is 14.6. The smallest absolute Gasteiger partial charge is 0.164 e. The number of rotatable bonds is 5. The highest BCUT2D eigenvalue weighted by Gasteiger charge is 2.43. The summed E-state index contributed by atoms with van der Waals surface area (Å²) in [6.07, 6.45) is 2.22. The number of hydrogen-bond donors (Lipinski definition) is 0. The van der Waals surface area contributed by atoms with Crippen molar-refractivity contribution >= 4 is 32.5 Å². The van der Waals surface area contributed by atoms with E-state index in [1.165, 1.54) is 5.56 Å². The summed E-state index contributed by atoms with van der Waals surface area (Å²) in [6.45, 7) is 7.51. The Morgan fingerprint density at radius 3 is 2.54 bits per heavy atom. The van der Waals surface area contributed by atoms with Crippen molar-refractivity contribution in [3.05, 3.63) is 29.8 Å². The van der Waals surface area contributed by atoms with Crippen LogP contribution in [0.15, 0.2) is 29.3 Å². The number of thioether (sulfide) groups is 1. The third kappa shape index (κ3) is 3.80. The Hall–Kier alpha value is -1.01. The van der Waals surface area contributed by atoms with E-state index in [1.54, 1.807) is 11.8 Å². The molecular formula is C18H26N2O2S2. The Balaban J connectivity index is 1.82. The Morgan fingerprint density at radius 1 is 1.25 bits per heavy atom. The van der Waals surface area contributed by atoms with Gasteiger partial charge in [0.2, 0.25) is 0 Å². The molecule has 6 heteroatoms. The molecule has 1 aromatic carbocycles. The van der Waals surface area contributed by atoms with Crippen LogP contribution in [0.25, 0.3) is 0 Å². The average molecular weight is 367 g/mol. The predicted octanol–water partition coefficient (Wildman–Crippen LogP) is 3.68. The number of nitrogens with zero attached hydrogens (tertiary/aromatic N) is 2. The number of aliphatic imine (C=N–C) groups is 1. The van der Waals surface area contributed by atoms with Gasteiger partial charge in [-0.15, -0.1) is 0 Å². The summed E-state index contributed by atoms with van der Waals surface area (Å²) >= 11 is 1.64. The lowest BCUT2D eigenvalue weighted by Gasteiger charge is -2.25. The van der Waals surface area contributed by atoms with E-state index >= 15 is 0 Å². The summed E-state index contributed by atoms with van der Waals surface area (Å²) in [6, 6.07) is 8.64. The third-order valence-corrected chi connectivity index (χ3v) is 7.89. The molecule has 2 aliphatic rings. The van der Waals surface area contributed by atoms with Gasteiger partial charge in [0.05, 0.1) is 17.5 Å². The second-order valence-electron chi connectivity index (χ2n) is 6.96. The minimum Gasteiger partial charge on any atom is -0.321 e. The summed E-state index contributed by atoms with van der Waals surface area (Å²) in [7, 11) is -2.90. The maximum atomic E-state index is 11.8. The van der Waals surface area contributed by atoms with Crippen molar-refractivity contribution in [2.24, 2.45) is 4.99 Å². The van der Waals surface area contributed by atoms with E-state index in [0.29, 0.717) is 5.92 Å². The van der Waals surface area contributed by atoms with Gasteiger partial charge in [-0.3, -0.25) is 4.99 Å². The van der Waals surface area contributed by atoms with Crippen LogP contribution in [0.2, 0.25) is 0 Å². The molecule has 132 valence electrons. The van der Waals surface area contributed by atoms with E-state index < -0.39 is 9.84 Å². The van der Waals surface area contributed by atoms with Crippen LogP contribution in [0.5, 0.6) is 0 Å². The molecule has 0 saturated carbocycles. The molecule has 0 radical (unpaired) electrons. The van der Waals surface area contributed by atoms with Crippen molar-refractivity contribution in [3.8, 4) is 0 Å². The van der Waals surface area contributed by atoms with Gasteiger partial charge >= 0.3 is 0 Å². The van der Waals surface area contributed by atoms with Crippen molar-refractivity contribution < 1.29 is 8.42 Å². The SMILES string of the molecule is CCCCN(C1=N[C@H]2CS(=O)(=O)C[C@@H]2S1)c1ccc(C(C)C)cc1. The molecule has 1 aromatic rings. The first-order valence-corrected chi connectivity index (χ1v) is 11.4. The first-order valence-electron chi connectivity index (χ1n) is 8.72. The molecule has 2 atom stereocenters. The highest BCUT2D eigenvalue weighted by molar-refractivity contribution is 8.15. The lowest BCUT2D eigenvalue weighted by atomic mass is 10.0. The van der Waals surface area contributed by atoms with Crippen LogP contribution in [0.4, 0.5) is 5.69 Å². The maximum Gasteiger partial charge on any atom is 0.164 e. The molecule has 0 spiro atoms. The first-order chi connectivity index (χ1) is 11.4. The summed E-state index contributed by atoms with van der Waals surface area (Å²) in [5.41, 5.74) is 2.49. The topological polar surface area (TPSA) is 49.7 Å². The fourth-order valence-corrected chi connectivity index (χ4v) is 6.97. The average Bonchev–Trinajstić information content (AvgIpc) is 3.01. The monoisotopic (exact) mass is 366 g/mol. The van der Waals surface area contributed by atoms with E-state index in [1.807, 2.05) is 0 Å². The van der Waals surface area contributed by atoms with Crippen LogP contribution in [0.3, 0.4) is 0 Å². The van der Waals surface area contributed by atoms with Gasteiger partial charge in [0.15, 0.2) is 15.0 Å². The number of hydrogen-bond acceptors (Lipinski definition) is 5. The number of sulfone groups is 1. The van der Waals surface area contributed by atoms with Crippen LogP contribution in [-0.4, -0.2) is 42.9 Å². The molecule has 3 rings (SSSR count). The van der Waals surface area contributed by atoms with Gasteiger partial charge in [-0.1, -0.05) is 51.1 Å². The molecule has 0 aromatic heterocycles. The van der Waals surface area contributed by atoms with Crippen LogP contribution in [-0.2, 0) is 9.84 Å². The quantitative estimate of drug-likeness (QED) is 0.797. The van der Waals surface area contributed by atoms with Gasteiger partial charge in [-0.05, 0) is 30.0 Å². The second kappa shape index (κ2) is 7.08. The third-order valence-electron chi connectivity index (χ3n) is 4.64. The molecule has 1 saturated heterocycles. The number of benzene rings is 1. The van der Waals surface area contributed by atoms with Gasteiger partial charge in [-0.2, -0.15) is 0 Å². The summed E-state index contributed by atoms with van der Waals surface area (Å²) < 4.78 is 23.5. The second-order valence-corrected chi connectivity index (χ2v) is 10.3. The van der Waals surface area contributed by atoms with Crippen LogP contribution >= 0.6 is 11.8 Å². The standard InChI is InChI=1S/C18H26N2O2S2/c1-4-5-10-20(15-8-6-14(7-9-15)13(2)3)18-19-16-11-24(21,22)12-17(16)23-18/h6-9,13,16-17H,4-5,10-12H2,1-3H3/t16-,17-/m0/s1. The number of anilines is 1. The van der Waals surface area contributed by atoms with Gasteiger partial charge in [0, 0.05) is 17.5 Å². The fraction of sp³-hybridized carbons (Fsp3) is 0.611. The van der Waals surface area contributed by atoms with E-state index in [4.69, 9.17) is 4.99 Å². The molecule has 0 unspecified atom stereocenters. The van der Waals surface area contributed by atoms with E-state index in [9.17, 15) is 8.42 Å². The fourth-order valence-electron chi connectivity index (χ4n) is 3.16. The number of fused-ring (bicyclic) bond motifs is 1. The minimum absolute atomic E-state index is 0.0611. The Labute approximate surface area is 149 Å². The largest absolute Gasteiger partial charge is 0.321 e. The Morgan fingerprint density at radius 2 is 1.96 bits per heavy atom. The van der Waals surface area contributed by atoms with E-state index in [-0.39, 0.29) is 22.8 Å². The highest BCUT2D eigenvalue weighted by Crippen LogP contribution is 2.37. The zero-order chi connectivity index (χ0) is 17.3. The van der Waals surface area contributed by atoms with Crippen molar-refractivity contribution in [3.63, 3.8) is 0 Å². The van der Waals surface area contributed by atoms with Crippen molar-refractivity contribution in [2.45, 2.75) is 50.8 Å². The van der Waals surface area contributed by atoms with Gasteiger partial charge in [0.1, 0.15) is 0 Å². The molecule has 2 aliphatic heterocycles. The Kier molecular flexibility index (Phi) is 5.25. The molecule has 0 aliphatic carbocycles. The van der Waals surface area contributed by atoms with Crippen molar-refractivity contribution in [2.75, 3.05) is 23.0 Å². The summed E-state index contributed by atoms with van der Waals surface area (Å²) in [4.78, 5) is 7.03. The minimum atomic E-state index is -2.90. The molecule has 24 heavy (non-hydrogen) atoms.